The molecule has 0 bridgehead atoms. The highest BCUT2D eigenvalue weighted by atomic mass is 16.5. The molecule has 1 rings (SSSR count). The van der Waals surface area contributed by atoms with Crippen LogP contribution in [-0.4, -0.2) is 18.5 Å². The van der Waals surface area contributed by atoms with Crippen LogP contribution in [0.2, 0.25) is 0 Å². The first-order valence-electron chi connectivity index (χ1n) is 5.99. The summed E-state index contributed by atoms with van der Waals surface area (Å²) in [5.41, 5.74) is 2.10. The largest absolute Gasteiger partial charge is 0.458 e. The fourth-order valence-corrected chi connectivity index (χ4v) is 1.27. The van der Waals surface area contributed by atoms with E-state index in [1.54, 1.807) is 0 Å². The van der Waals surface area contributed by atoms with Crippen LogP contribution in [0.4, 0.5) is 0 Å². The van der Waals surface area contributed by atoms with E-state index in [0.717, 1.165) is 11.1 Å². The van der Waals surface area contributed by atoms with Crippen LogP contribution in [0.3, 0.4) is 0 Å². The zero-order valence-corrected chi connectivity index (χ0v) is 11.0. The molecule has 0 radical (unpaired) electrons. The van der Waals surface area contributed by atoms with Crippen molar-refractivity contribution < 1.29 is 14.3 Å². The maximum Gasteiger partial charge on any atom is 0.396 e. The van der Waals surface area contributed by atoms with E-state index in [4.69, 9.17) is 4.74 Å². The van der Waals surface area contributed by atoms with E-state index in [0.29, 0.717) is 6.54 Å². The van der Waals surface area contributed by atoms with Crippen molar-refractivity contribution in [3.63, 3.8) is 0 Å². The average Bonchev–Trinajstić information content (AvgIpc) is 2.34. The van der Waals surface area contributed by atoms with Crippen molar-refractivity contribution in [3.05, 3.63) is 35.4 Å². The van der Waals surface area contributed by atoms with Gasteiger partial charge in [-0.1, -0.05) is 43.7 Å². The van der Waals surface area contributed by atoms with Gasteiger partial charge in [0.1, 0.15) is 0 Å². The fourth-order valence-electron chi connectivity index (χ4n) is 1.27. The van der Waals surface area contributed by atoms with E-state index in [-0.39, 0.29) is 12.5 Å². The van der Waals surface area contributed by atoms with E-state index in [2.05, 4.69) is 5.32 Å². The highest BCUT2D eigenvalue weighted by molar-refractivity contribution is 6.32. The summed E-state index contributed by atoms with van der Waals surface area (Å²) in [6.07, 6.45) is 0. The molecule has 1 amide bonds. The van der Waals surface area contributed by atoms with Gasteiger partial charge in [0.05, 0.1) is 6.61 Å². The van der Waals surface area contributed by atoms with Crippen LogP contribution in [0.15, 0.2) is 24.3 Å². The van der Waals surface area contributed by atoms with E-state index >= 15 is 0 Å². The van der Waals surface area contributed by atoms with Crippen molar-refractivity contribution in [3.8, 4) is 0 Å². The lowest BCUT2D eigenvalue weighted by Crippen LogP contribution is -2.32. The molecular formula is C14H19NO3. The summed E-state index contributed by atoms with van der Waals surface area (Å²) in [5, 5.41) is 2.53. The monoisotopic (exact) mass is 249 g/mol. The van der Waals surface area contributed by atoms with Gasteiger partial charge in [0, 0.05) is 6.54 Å². The third kappa shape index (κ3) is 4.99. The summed E-state index contributed by atoms with van der Waals surface area (Å²) >= 11 is 0. The molecule has 1 N–H and O–H groups in total. The van der Waals surface area contributed by atoms with Gasteiger partial charge in [0.2, 0.25) is 0 Å². The minimum absolute atomic E-state index is 0.221. The Balaban J connectivity index is 2.36. The van der Waals surface area contributed by atoms with Crippen LogP contribution >= 0.6 is 0 Å². The molecule has 1 aromatic rings. The van der Waals surface area contributed by atoms with Crippen LogP contribution in [0.1, 0.15) is 25.0 Å². The lowest BCUT2D eigenvalue weighted by Gasteiger charge is -2.07. The summed E-state index contributed by atoms with van der Waals surface area (Å²) in [6, 6.07) is 7.74. The number of amides is 1. The van der Waals surface area contributed by atoms with Gasteiger partial charge in [-0.15, -0.1) is 0 Å². The summed E-state index contributed by atoms with van der Waals surface area (Å²) in [6.45, 7) is 6.41. The number of esters is 1. The van der Waals surface area contributed by atoms with Crippen LogP contribution in [0.5, 0.6) is 0 Å². The maximum atomic E-state index is 11.4. The van der Waals surface area contributed by atoms with Crippen LogP contribution in [0, 0.1) is 12.8 Å². The van der Waals surface area contributed by atoms with Crippen LogP contribution in [-0.2, 0) is 20.9 Å². The van der Waals surface area contributed by atoms with E-state index in [9.17, 15) is 9.59 Å². The van der Waals surface area contributed by atoms with Crippen molar-refractivity contribution in [2.24, 2.45) is 5.92 Å². The quantitative estimate of drug-likeness (QED) is 0.654. The number of ether oxygens (including phenoxy) is 1. The Hall–Kier alpha value is -1.84. The van der Waals surface area contributed by atoms with Crippen molar-refractivity contribution in [2.75, 3.05) is 6.61 Å². The second-order valence-corrected chi connectivity index (χ2v) is 4.66. The molecule has 18 heavy (non-hydrogen) atoms. The highest BCUT2D eigenvalue weighted by Crippen LogP contribution is 2.02. The predicted octanol–water partition coefficient (Wildman–Crippen LogP) is 1.81. The van der Waals surface area contributed by atoms with E-state index in [1.165, 1.54) is 0 Å². The first kappa shape index (κ1) is 14.2. The van der Waals surface area contributed by atoms with Gasteiger partial charge >= 0.3 is 11.9 Å². The Morgan fingerprint density at radius 3 is 2.39 bits per heavy atom. The summed E-state index contributed by atoms with van der Waals surface area (Å²) in [5.74, 6) is -1.30. The van der Waals surface area contributed by atoms with Gasteiger partial charge in [-0.25, -0.2) is 4.79 Å². The second-order valence-electron chi connectivity index (χ2n) is 4.66. The van der Waals surface area contributed by atoms with Gasteiger partial charge in [0.15, 0.2) is 0 Å². The van der Waals surface area contributed by atoms with Gasteiger partial charge in [-0.05, 0) is 18.4 Å². The molecule has 0 saturated heterocycles. The standard InChI is InChI=1S/C14H19NO3/c1-10(2)9-18-14(17)13(16)15-8-12-6-4-11(3)5-7-12/h4-7,10H,8-9H2,1-3H3,(H,15,16). The van der Waals surface area contributed by atoms with Gasteiger partial charge < -0.3 is 10.1 Å². The molecule has 0 unspecified atom stereocenters. The van der Waals surface area contributed by atoms with Crippen molar-refractivity contribution >= 4 is 11.9 Å². The predicted molar refractivity (Wildman–Crippen MR) is 68.8 cm³/mol. The summed E-state index contributed by atoms with van der Waals surface area (Å²) in [4.78, 5) is 22.7. The Labute approximate surface area is 107 Å². The number of rotatable bonds is 4. The average molecular weight is 249 g/mol. The normalized spacial score (nSPS) is 10.2. The first-order valence-corrected chi connectivity index (χ1v) is 5.99. The minimum atomic E-state index is -0.823. The number of carbonyl (C=O) groups excluding carboxylic acids is 2. The molecule has 0 heterocycles. The van der Waals surface area contributed by atoms with Crippen molar-refractivity contribution in [1.29, 1.82) is 0 Å². The minimum Gasteiger partial charge on any atom is -0.458 e. The Morgan fingerprint density at radius 2 is 1.83 bits per heavy atom. The molecule has 0 fully saturated rings. The maximum absolute atomic E-state index is 11.4. The Bertz CT molecular complexity index is 410. The molecule has 4 heteroatoms. The van der Waals surface area contributed by atoms with Crippen molar-refractivity contribution in [2.45, 2.75) is 27.3 Å². The molecule has 0 atom stereocenters. The molecule has 0 aliphatic rings. The molecule has 0 spiro atoms. The van der Waals surface area contributed by atoms with Gasteiger partial charge in [0.25, 0.3) is 0 Å². The number of benzene rings is 1. The molecule has 0 aromatic heterocycles. The number of nitrogens with one attached hydrogen (secondary N) is 1. The number of hydrogen-bond acceptors (Lipinski definition) is 3. The zero-order valence-electron chi connectivity index (χ0n) is 11.0. The highest BCUT2D eigenvalue weighted by Gasteiger charge is 2.15. The van der Waals surface area contributed by atoms with Crippen LogP contribution < -0.4 is 5.32 Å². The smallest absolute Gasteiger partial charge is 0.396 e. The number of aryl methyl sites for hydroxylation is 1. The first-order chi connectivity index (χ1) is 8.49. The van der Waals surface area contributed by atoms with Gasteiger partial charge in [-0.3, -0.25) is 4.79 Å². The topological polar surface area (TPSA) is 55.4 Å². The molecule has 0 aliphatic carbocycles. The van der Waals surface area contributed by atoms with E-state index in [1.807, 2.05) is 45.0 Å². The lowest BCUT2D eigenvalue weighted by molar-refractivity contribution is -0.155. The van der Waals surface area contributed by atoms with Gasteiger partial charge in [-0.2, -0.15) is 0 Å². The summed E-state index contributed by atoms with van der Waals surface area (Å²) < 4.78 is 4.82. The Morgan fingerprint density at radius 1 is 1.22 bits per heavy atom. The third-order valence-corrected chi connectivity index (χ3v) is 2.31. The SMILES string of the molecule is Cc1ccc(CNC(=O)C(=O)OCC(C)C)cc1. The second kappa shape index (κ2) is 6.79. The molecule has 0 aliphatic heterocycles. The third-order valence-electron chi connectivity index (χ3n) is 2.31. The van der Waals surface area contributed by atoms with Crippen molar-refractivity contribution in [1.82, 2.24) is 5.32 Å². The number of hydrogen-bond donors (Lipinski definition) is 1. The molecule has 4 nitrogen and oxygen atoms in total. The molecule has 1 aromatic carbocycles. The molecule has 98 valence electrons. The Kier molecular flexibility index (Phi) is 5.36. The fraction of sp³-hybridized carbons (Fsp3) is 0.429. The van der Waals surface area contributed by atoms with E-state index < -0.39 is 11.9 Å². The molecule has 0 saturated carbocycles. The lowest BCUT2D eigenvalue weighted by atomic mass is 10.1. The molecular weight excluding hydrogens is 230 g/mol. The zero-order chi connectivity index (χ0) is 13.5. The van der Waals surface area contributed by atoms with Crippen LogP contribution in [0.25, 0.3) is 0 Å². The number of carbonyl (C=O) groups is 2. The summed E-state index contributed by atoms with van der Waals surface area (Å²) in [7, 11) is 0.